The summed E-state index contributed by atoms with van der Waals surface area (Å²) >= 11 is 4.19. The summed E-state index contributed by atoms with van der Waals surface area (Å²) in [5, 5.41) is 52.0. The summed E-state index contributed by atoms with van der Waals surface area (Å²) < 4.78 is 0. The van der Waals surface area contributed by atoms with E-state index >= 15 is 0 Å². The van der Waals surface area contributed by atoms with Crippen LogP contribution in [0, 0.1) is 17.8 Å². The van der Waals surface area contributed by atoms with Crippen LogP contribution in [0.1, 0.15) is 107 Å². The van der Waals surface area contributed by atoms with Gasteiger partial charge in [0, 0.05) is 12.2 Å². The first-order valence-electron chi connectivity index (χ1n) is 24.3. The van der Waals surface area contributed by atoms with Gasteiger partial charge in [-0.1, -0.05) is 41.5 Å². The van der Waals surface area contributed by atoms with E-state index in [1.54, 1.807) is 41.5 Å². The van der Waals surface area contributed by atoms with Crippen LogP contribution in [0.25, 0.3) is 0 Å². The molecule has 422 valence electrons. The number of carbonyl (C=O) groups is 12. The van der Waals surface area contributed by atoms with Crippen LogP contribution in [0.4, 0.5) is 0 Å². The molecule has 0 saturated heterocycles. The van der Waals surface area contributed by atoms with Gasteiger partial charge in [0.1, 0.15) is 54.4 Å². The van der Waals surface area contributed by atoms with Gasteiger partial charge in [0.15, 0.2) is 0 Å². The number of aliphatic carboxylic acids is 1. The van der Waals surface area contributed by atoms with E-state index in [1.807, 2.05) is 0 Å². The van der Waals surface area contributed by atoms with Crippen LogP contribution >= 0.6 is 12.6 Å². The number of aliphatic hydroxyl groups is 2. The van der Waals surface area contributed by atoms with Gasteiger partial charge in [-0.05, 0) is 76.7 Å². The third kappa shape index (κ3) is 25.7. The zero-order chi connectivity index (χ0) is 57.2. The molecule has 0 aromatic carbocycles. The van der Waals surface area contributed by atoms with Crippen molar-refractivity contribution in [3.8, 4) is 0 Å². The van der Waals surface area contributed by atoms with Crippen LogP contribution in [0.3, 0.4) is 0 Å². The van der Waals surface area contributed by atoms with E-state index in [0.717, 1.165) is 6.92 Å². The molecule has 0 aromatic rings. The number of carboxylic acid groups (broad SMARTS) is 1. The molecule has 29 heteroatoms. The number of nitrogens with two attached hydrogens (primary N) is 4. The molecule has 0 aliphatic heterocycles. The standard InChI is InChI=1S/C45H81N13O15S/c1-20(2)15-28(39(66)57-34(22(5)6)43(70)52-27(45(72)73)11-9-10-14-46)54-42(69)31(19-74)56-44(71)35(24(8)60)58-40(67)29(16-21(3)4)53-41(68)30(18-59)55-36(63)23(7)50-38(65)26(12-13-32(48)61)51-37(64)25(47)17-33(49)62/h20-31,34-35,59-60,74H,9-19,46-47H2,1-8H3,(H2,48,61)(H2,49,62)(H,50,65)(H,51,64)(H,52,70)(H,53,68)(H,54,69)(H,55,63)(H,56,71)(H,57,66)(H,58,67)(H,72,73)/t23-,24+,25-,26-,27-,28-,29-,30-,31-,34-,35-/m0/s1. The van der Waals surface area contributed by atoms with Crippen LogP contribution in [0.2, 0.25) is 0 Å². The van der Waals surface area contributed by atoms with Gasteiger partial charge in [0.05, 0.1) is 25.2 Å². The topological polar surface area (TPSA) is 478 Å². The quantitative estimate of drug-likeness (QED) is 0.0205. The maximum Gasteiger partial charge on any atom is 0.326 e. The van der Waals surface area contributed by atoms with Gasteiger partial charge < -0.3 is 86.1 Å². The van der Waals surface area contributed by atoms with E-state index in [2.05, 4.69) is 60.5 Å². The molecule has 0 fully saturated rings. The lowest BCUT2D eigenvalue weighted by atomic mass is 9.99. The lowest BCUT2D eigenvalue weighted by Crippen LogP contribution is -2.62. The Bertz CT molecular complexity index is 1940. The van der Waals surface area contributed by atoms with E-state index in [-0.39, 0.29) is 49.7 Å². The molecule has 0 heterocycles. The van der Waals surface area contributed by atoms with Crippen molar-refractivity contribution < 1.29 is 72.9 Å². The van der Waals surface area contributed by atoms with Gasteiger partial charge in [-0.25, -0.2) is 4.79 Å². The van der Waals surface area contributed by atoms with Gasteiger partial charge in [-0.2, -0.15) is 12.6 Å². The molecule has 0 aromatic heterocycles. The number of carbonyl (C=O) groups excluding carboxylic acids is 11. The normalized spacial score (nSPS) is 15.7. The Morgan fingerprint density at radius 2 is 0.932 bits per heavy atom. The maximum absolute atomic E-state index is 13.8. The van der Waals surface area contributed by atoms with Crippen LogP contribution in [-0.2, 0) is 57.5 Å². The third-order valence-corrected chi connectivity index (χ3v) is 11.4. The van der Waals surface area contributed by atoms with Crippen molar-refractivity contribution in [1.82, 2.24) is 47.9 Å². The number of nitrogens with one attached hydrogen (secondary N) is 9. The Morgan fingerprint density at radius 1 is 0.500 bits per heavy atom. The Labute approximate surface area is 436 Å². The van der Waals surface area contributed by atoms with Gasteiger partial charge in [0.25, 0.3) is 0 Å². The number of aliphatic hydroxyl groups excluding tert-OH is 2. The lowest BCUT2D eigenvalue weighted by molar-refractivity contribution is -0.143. The number of thiol groups is 1. The second-order valence-electron chi connectivity index (χ2n) is 19.1. The SMILES string of the molecule is CC(C)C[C@H](NC(=O)[C@H](CS)NC(=O)[C@@H](NC(=O)[C@H](CC(C)C)NC(=O)[C@H](CO)NC(=O)[C@H](C)NC(=O)[C@H](CCC(N)=O)NC(=O)[C@@H](N)CC(N)=O)[C@@H](C)O)C(=O)N[C@H](C(=O)N[C@@H](CCCCN)C(=O)O)C(C)C. The lowest BCUT2D eigenvalue weighted by Gasteiger charge is -2.29. The third-order valence-electron chi connectivity index (χ3n) is 11.0. The summed E-state index contributed by atoms with van der Waals surface area (Å²) in [5.74, 6) is -13.0. The monoisotopic (exact) mass is 1080 g/mol. The summed E-state index contributed by atoms with van der Waals surface area (Å²) in [7, 11) is 0. The zero-order valence-electron chi connectivity index (χ0n) is 43.4. The number of hydrogen-bond donors (Lipinski definition) is 17. The van der Waals surface area contributed by atoms with Crippen LogP contribution in [0.15, 0.2) is 0 Å². The minimum Gasteiger partial charge on any atom is -0.480 e. The molecule has 28 nitrogen and oxygen atoms in total. The fourth-order valence-corrected chi connectivity index (χ4v) is 7.14. The average Bonchev–Trinajstić information content (AvgIpc) is 3.29. The Morgan fingerprint density at radius 3 is 1.36 bits per heavy atom. The van der Waals surface area contributed by atoms with Crippen LogP contribution in [0.5, 0.6) is 0 Å². The van der Waals surface area contributed by atoms with E-state index in [1.165, 1.54) is 6.92 Å². The number of hydrogen-bond acceptors (Lipinski definition) is 17. The molecular formula is C45H81N13O15S. The van der Waals surface area contributed by atoms with E-state index in [4.69, 9.17) is 22.9 Å². The smallest absolute Gasteiger partial charge is 0.326 e. The van der Waals surface area contributed by atoms with E-state index in [0.29, 0.717) is 19.4 Å². The predicted octanol–water partition coefficient (Wildman–Crippen LogP) is -5.90. The Balaban J connectivity index is 6.15. The second kappa shape index (κ2) is 34.3. The highest BCUT2D eigenvalue weighted by Crippen LogP contribution is 2.12. The number of carboxylic acids is 1. The molecule has 0 saturated carbocycles. The van der Waals surface area contributed by atoms with Crippen LogP contribution < -0.4 is 70.8 Å². The van der Waals surface area contributed by atoms with Crippen molar-refractivity contribution in [2.45, 2.75) is 173 Å². The zero-order valence-corrected chi connectivity index (χ0v) is 44.3. The minimum atomic E-state index is -1.76. The van der Waals surface area contributed by atoms with Crippen molar-refractivity contribution in [2.24, 2.45) is 40.7 Å². The molecule has 0 aliphatic rings. The summed E-state index contributed by atoms with van der Waals surface area (Å²) in [6.45, 7) is 11.8. The highest BCUT2D eigenvalue weighted by molar-refractivity contribution is 7.80. The molecule has 0 radical (unpaired) electrons. The fraction of sp³-hybridized carbons (Fsp3) is 0.733. The minimum absolute atomic E-state index is 0.0541. The average molecular weight is 1080 g/mol. The fourth-order valence-electron chi connectivity index (χ4n) is 6.88. The molecule has 20 N–H and O–H groups in total. The molecule has 0 spiro atoms. The molecule has 0 aliphatic carbocycles. The molecular weight excluding hydrogens is 995 g/mol. The highest BCUT2D eigenvalue weighted by atomic mass is 32.1. The maximum atomic E-state index is 13.8. The molecule has 74 heavy (non-hydrogen) atoms. The van der Waals surface area contributed by atoms with Crippen molar-refractivity contribution in [3.63, 3.8) is 0 Å². The van der Waals surface area contributed by atoms with Crippen LogP contribution in [-0.4, -0.2) is 172 Å². The first-order chi connectivity index (χ1) is 34.4. The van der Waals surface area contributed by atoms with E-state index < -0.39 is 156 Å². The first kappa shape index (κ1) is 67.8. The largest absolute Gasteiger partial charge is 0.480 e. The van der Waals surface area contributed by atoms with E-state index in [9.17, 15) is 72.9 Å². The molecule has 11 amide bonds. The van der Waals surface area contributed by atoms with Gasteiger partial charge in [0.2, 0.25) is 65.0 Å². The number of rotatable bonds is 36. The number of amides is 11. The summed E-state index contributed by atoms with van der Waals surface area (Å²) in [6.07, 6.45) is -1.88. The predicted molar refractivity (Wildman–Crippen MR) is 270 cm³/mol. The summed E-state index contributed by atoms with van der Waals surface area (Å²) in [4.78, 5) is 155. The van der Waals surface area contributed by atoms with Crippen molar-refractivity contribution in [3.05, 3.63) is 0 Å². The van der Waals surface area contributed by atoms with Gasteiger partial charge >= 0.3 is 5.97 Å². The first-order valence-corrected chi connectivity index (χ1v) is 24.9. The molecule has 0 rings (SSSR count). The van der Waals surface area contributed by atoms with Gasteiger partial charge in [-0.15, -0.1) is 0 Å². The molecule has 0 unspecified atom stereocenters. The molecule has 11 atom stereocenters. The van der Waals surface area contributed by atoms with Crippen molar-refractivity contribution in [1.29, 1.82) is 0 Å². The summed E-state index contributed by atoms with van der Waals surface area (Å²) in [5.41, 5.74) is 21.4. The van der Waals surface area contributed by atoms with Gasteiger partial charge in [-0.3, -0.25) is 52.7 Å². The van der Waals surface area contributed by atoms with Crippen molar-refractivity contribution >= 4 is 83.6 Å². The number of primary amides is 2. The Kier molecular flexibility index (Phi) is 31.5. The highest BCUT2D eigenvalue weighted by Gasteiger charge is 2.37. The second-order valence-corrected chi connectivity index (χ2v) is 19.4. The Hall–Kier alpha value is -6.17. The summed E-state index contributed by atoms with van der Waals surface area (Å²) in [6, 6.07) is -14.5. The number of unbranched alkanes of at least 4 members (excludes halogenated alkanes) is 1. The molecule has 0 bridgehead atoms. The van der Waals surface area contributed by atoms with Crippen molar-refractivity contribution in [2.75, 3.05) is 18.9 Å².